The summed E-state index contributed by atoms with van der Waals surface area (Å²) in [5.74, 6) is 0. The van der Waals surface area contributed by atoms with Crippen LogP contribution in [0.4, 0.5) is 0 Å². The zero-order valence-corrected chi connectivity index (χ0v) is 5.45. The van der Waals surface area contributed by atoms with E-state index in [1.54, 1.807) is 7.11 Å². The van der Waals surface area contributed by atoms with E-state index in [9.17, 15) is 0 Å². The van der Waals surface area contributed by atoms with Crippen LogP contribution in [0.1, 0.15) is 0 Å². The highest BCUT2D eigenvalue weighted by molar-refractivity contribution is 5.20. The fourth-order valence-electron chi connectivity index (χ4n) is 0.697. The monoisotopic (exact) mass is 122 g/mol. The fraction of sp³-hybridized carbons (Fsp3) is 0.250. The van der Waals surface area contributed by atoms with E-state index in [0.29, 0.717) is 0 Å². The molecule has 0 heterocycles. The van der Waals surface area contributed by atoms with E-state index in [2.05, 4.69) is 0 Å². The van der Waals surface area contributed by atoms with Gasteiger partial charge in [-0.2, -0.15) is 0 Å². The number of allylic oxidation sites excluding steroid dienone is 4. The molecule has 1 rings (SSSR count). The lowest BCUT2D eigenvalue weighted by atomic mass is 10.3. The Balaban J connectivity index is 2.58. The molecule has 0 unspecified atom stereocenters. The number of methoxy groups -OCH3 is 1. The lowest BCUT2D eigenvalue weighted by Gasteiger charge is -2.00. The molecule has 48 valence electrons. The van der Waals surface area contributed by atoms with Gasteiger partial charge >= 0.3 is 0 Å². The topological polar surface area (TPSA) is 9.23 Å². The molecule has 1 heteroatoms. The van der Waals surface area contributed by atoms with Crippen LogP contribution in [-0.4, -0.2) is 13.2 Å². The summed E-state index contributed by atoms with van der Waals surface area (Å²) in [4.78, 5) is 0. The number of ether oxygens (including phenoxy) is 1. The largest absolute Gasteiger partial charge is 0.373 e. The van der Waals surface area contributed by atoms with Crippen molar-refractivity contribution in [2.24, 2.45) is 0 Å². The summed E-state index contributed by atoms with van der Waals surface area (Å²) >= 11 is 0. The lowest BCUT2D eigenvalue weighted by Crippen LogP contribution is -2.00. The second kappa shape index (κ2) is 3.25. The van der Waals surface area contributed by atoms with Crippen molar-refractivity contribution in [3.63, 3.8) is 0 Å². The van der Waals surface area contributed by atoms with Crippen molar-refractivity contribution in [2.75, 3.05) is 7.11 Å². The van der Waals surface area contributed by atoms with Gasteiger partial charge in [-0.1, -0.05) is 36.5 Å². The van der Waals surface area contributed by atoms with Gasteiger partial charge in [-0.3, -0.25) is 0 Å². The second-order valence-corrected chi connectivity index (χ2v) is 1.86. The summed E-state index contributed by atoms with van der Waals surface area (Å²) in [6.45, 7) is 0. The summed E-state index contributed by atoms with van der Waals surface area (Å²) in [7, 11) is 1.70. The summed E-state index contributed by atoms with van der Waals surface area (Å²) in [6.07, 6.45) is 12.1. The molecule has 9 heavy (non-hydrogen) atoms. The Kier molecular flexibility index (Phi) is 2.28. The first-order valence-corrected chi connectivity index (χ1v) is 2.98. The van der Waals surface area contributed by atoms with Crippen molar-refractivity contribution in [1.82, 2.24) is 0 Å². The summed E-state index contributed by atoms with van der Waals surface area (Å²) in [5.41, 5.74) is 0. The zero-order valence-electron chi connectivity index (χ0n) is 5.45. The molecule has 0 spiro atoms. The van der Waals surface area contributed by atoms with Gasteiger partial charge in [0.1, 0.15) is 0 Å². The highest BCUT2D eigenvalue weighted by atomic mass is 16.5. The van der Waals surface area contributed by atoms with E-state index in [-0.39, 0.29) is 6.10 Å². The Morgan fingerprint density at radius 2 is 1.56 bits per heavy atom. The molecule has 0 radical (unpaired) electrons. The average Bonchev–Trinajstić information content (AvgIpc) is 2.13. The van der Waals surface area contributed by atoms with Gasteiger partial charge in [0.15, 0.2) is 0 Å². The highest BCUT2D eigenvalue weighted by Gasteiger charge is 1.93. The van der Waals surface area contributed by atoms with Crippen LogP contribution < -0.4 is 0 Å². The van der Waals surface area contributed by atoms with E-state index >= 15 is 0 Å². The highest BCUT2D eigenvalue weighted by Crippen LogP contribution is 1.98. The van der Waals surface area contributed by atoms with Crippen LogP contribution in [-0.2, 0) is 4.74 Å². The molecule has 0 aromatic heterocycles. The molecule has 0 bridgehead atoms. The molecule has 0 amide bonds. The molecule has 0 atom stereocenters. The molecular formula is C8H10O. The normalized spacial score (nSPS) is 18.3. The Morgan fingerprint density at radius 3 is 2.00 bits per heavy atom. The van der Waals surface area contributed by atoms with Gasteiger partial charge in [0.25, 0.3) is 0 Å². The molecule has 0 aliphatic heterocycles. The number of rotatable bonds is 1. The molecule has 0 saturated heterocycles. The maximum absolute atomic E-state index is 5.06. The minimum atomic E-state index is 0.153. The Labute approximate surface area is 55.3 Å². The molecular weight excluding hydrogens is 112 g/mol. The summed E-state index contributed by atoms with van der Waals surface area (Å²) in [6, 6.07) is 0. The van der Waals surface area contributed by atoms with Crippen molar-refractivity contribution in [2.45, 2.75) is 6.10 Å². The standard InChI is InChI=1S/C8H10O/c1-9-8-6-4-2-3-5-7-8/h2-8H,1H3. The Hall–Kier alpha value is -0.820. The van der Waals surface area contributed by atoms with E-state index in [4.69, 9.17) is 4.74 Å². The molecule has 0 N–H and O–H groups in total. The third-order valence-corrected chi connectivity index (χ3v) is 1.21. The van der Waals surface area contributed by atoms with Crippen LogP contribution in [0.5, 0.6) is 0 Å². The first kappa shape index (κ1) is 6.30. The molecule has 0 aromatic carbocycles. The Bertz CT molecular complexity index is 138. The van der Waals surface area contributed by atoms with E-state index < -0.39 is 0 Å². The van der Waals surface area contributed by atoms with E-state index in [1.807, 2.05) is 36.5 Å². The smallest absolute Gasteiger partial charge is 0.0939 e. The summed E-state index contributed by atoms with van der Waals surface area (Å²) < 4.78 is 5.06. The van der Waals surface area contributed by atoms with Gasteiger partial charge in [-0.25, -0.2) is 0 Å². The maximum Gasteiger partial charge on any atom is 0.0939 e. The molecule has 0 saturated carbocycles. The molecule has 0 fully saturated rings. The van der Waals surface area contributed by atoms with Gasteiger partial charge in [-0.15, -0.1) is 0 Å². The molecule has 1 aliphatic rings. The van der Waals surface area contributed by atoms with Crippen LogP contribution in [0.3, 0.4) is 0 Å². The quantitative estimate of drug-likeness (QED) is 0.514. The SMILES string of the molecule is COC1C=CC=CC=C1. The van der Waals surface area contributed by atoms with Crippen molar-refractivity contribution in [1.29, 1.82) is 0 Å². The Morgan fingerprint density at radius 1 is 1.00 bits per heavy atom. The third kappa shape index (κ3) is 1.86. The van der Waals surface area contributed by atoms with Gasteiger partial charge in [0.05, 0.1) is 6.10 Å². The first-order valence-electron chi connectivity index (χ1n) is 2.98. The van der Waals surface area contributed by atoms with Crippen LogP contribution in [0.2, 0.25) is 0 Å². The van der Waals surface area contributed by atoms with Crippen molar-refractivity contribution in [3.05, 3.63) is 36.5 Å². The van der Waals surface area contributed by atoms with Crippen molar-refractivity contribution in [3.8, 4) is 0 Å². The van der Waals surface area contributed by atoms with E-state index in [0.717, 1.165) is 0 Å². The maximum atomic E-state index is 5.06. The number of hydrogen-bond donors (Lipinski definition) is 0. The predicted molar refractivity (Wildman–Crippen MR) is 38.2 cm³/mol. The van der Waals surface area contributed by atoms with Gasteiger partial charge in [0, 0.05) is 7.11 Å². The first-order chi connectivity index (χ1) is 4.43. The van der Waals surface area contributed by atoms with Crippen molar-refractivity contribution >= 4 is 0 Å². The minimum Gasteiger partial charge on any atom is -0.373 e. The molecule has 1 nitrogen and oxygen atoms in total. The molecule has 1 aliphatic carbocycles. The second-order valence-electron chi connectivity index (χ2n) is 1.86. The third-order valence-electron chi connectivity index (χ3n) is 1.21. The van der Waals surface area contributed by atoms with E-state index in [1.165, 1.54) is 0 Å². The zero-order chi connectivity index (χ0) is 6.53. The fourth-order valence-corrected chi connectivity index (χ4v) is 0.697. The molecule has 0 aromatic rings. The summed E-state index contributed by atoms with van der Waals surface area (Å²) in [5, 5.41) is 0. The van der Waals surface area contributed by atoms with Crippen LogP contribution in [0.25, 0.3) is 0 Å². The minimum absolute atomic E-state index is 0.153. The van der Waals surface area contributed by atoms with Crippen LogP contribution >= 0.6 is 0 Å². The van der Waals surface area contributed by atoms with Gasteiger partial charge < -0.3 is 4.74 Å². The predicted octanol–water partition coefficient (Wildman–Crippen LogP) is 1.68. The lowest BCUT2D eigenvalue weighted by molar-refractivity contribution is 0.178. The van der Waals surface area contributed by atoms with Crippen molar-refractivity contribution < 1.29 is 4.74 Å². The van der Waals surface area contributed by atoms with Gasteiger partial charge in [-0.05, 0) is 0 Å². The van der Waals surface area contributed by atoms with Gasteiger partial charge in [0.2, 0.25) is 0 Å². The van der Waals surface area contributed by atoms with Crippen LogP contribution in [0, 0.1) is 0 Å². The number of hydrogen-bond acceptors (Lipinski definition) is 1. The average molecular weight is 122 g/mol. The van der Waals surface area contributed by atoms with Crippen LogP contribution in [0.15, 0.2) is 36.5 Å².